The fraction of sp³-hybridized carbons (Fsp3) is 0.350. The Kier molecular flexibility index (Phi) is 5.67. The first-order chi connectivity index (χ1) is 15.1. The third-order valence-electron chi connectivity index (χ3n) is 5.46. The molecule has 6 nitrogen and oxygen atoms in total. The lowest BCUT2D eigenvalue weighted by Gasteiger charge is -2.25. The summed E-state index contributed by atoms with van der Waals surface area (Å²) >= 11 is 0. The summed E-state index contributed by atoms with van der Waals surface area (Å²) in [5.41, 5.74) is 5.91. The summed E-state index contributed by atoms with van der Waals surface area (Å²) < 4.78 is 96.4. The summed E-state index contributed by atoms with van der Waals surface area (Å²) in [7, 11) is -3.82. The van der Waals surface area contributed by atoms with Crippen molar-refractivity contribution in [2.75, 3.05) is 12.8 Å². The van der Waals surface area contributed by atoms with Crippen LogP contribution in [0.25, 0.3) is 0 Å². The van der Waals surface area contributed by atoms with Gasteiger partial charge in [0, 0.05) is 0 Å². The lowest BCUT2D eigenvalue weighted by atomic mass is 9.86. The molecule has 4 rings (SSSR count). The second-order valence-corrected chi connectivity index (χ2v) is 10.3. The number of benzene rings is 2. The molecule has 172 valence electrons. The fourth-order valence-corrected chi connectivity index (χ4v) is 5.21. The number of hydrogen-bond acceptors (Lipinski definition) is 6. The number of nitrogens with two attached hydrogens (primary N) is 1. The quantitative estimate of drug-likeness (QED) is 0.202. The maximum Gasteiger partial charge on any atom is 0.338 e. The van der Waals surface area contributed by atoms with Gasteiger partial charge in [-0.15, -0.1) is 0 Å². The van der Waals surface area contributed by atoms with E-state index in [1.165, 1.54) is 18.2 Å². The van der Waals surface area contributed by atoms with Crippen molar-refractivity contribution < 1.29 is 45.3 Å². The highest BCUT2D eigenvalue weighted by molar-refractivity contribution is 7.70. The highest BCUT2D eigenvalue weighted by Crippen LogP contribution is 2.73. The second-order valence-electron chi connectivity index (χ2n) is 7.69. The molecule has 1 saturated heterocycles. The SMILES string of the molecule is N[C@]1(C(=O)OCC2CCC2)CP1(=O)Oc1ccccc1Oc1c(F)c(F)c(F)c(F)c1F. The monoisotopic (exact) mass is 477 g/mol. The maximum absolute atomic E-state index is 14.0. The van der Waals surface area contributed by atoms with E-state index in [0.29, 0.717) is 0 Å². The Labute approximate surface area is 178 Å². The summed E-state index contributed by atoms with van der Waals surface area (Å²) in [6.07, 6.45) is 2.53. The van der Waals surface area contributed by atoms with Crippen LogP contribution < -0.4 is 15.0 Å². The number of halogens is 5. The molecular weight excluding hydrogens is 460 g/mol. The van der Waals surface area contributed by atoms with Gasteiger partial charge in [0.1, 0.15) is 0 Å². The van der Waals surface area contributed by atoms with Crippen LogP contribution in [-0.2, 0) is 14.1 Å². The lowest BCUT2D eigenvalue weighted by Crippen LogP contribution is -2.37. The molecule has 2 aromatic rings. The largest absolute Gasteiger partial charge is 0.464 e. The van der Waals surface area contributed by atoms with Crippen molar-refractivity contribution >= 4 is 13.3 Å². The van der Waals surface area contributed by atoms with E-state index in [0.717, 1.165) is 25.3 Å². The van der Waals surface area contributed by atoms with Crippen molar-refractivity contribution in [2.45, 2.75) is 24.5 Å². The Morgan fingerprint density at radius 1 is 1.00 bits per heavy atom. The average molecular weight is 477 g/mol. The van der Waals surface area contributed by atoms with E-state index in [1.807, 2.05) is 0 Å². The van der Waals surface area contributed by atoms with Crippen LogP contribution in [0.2, 0.25) is 0 Å². The van der Waals surface area contributed by atoms with E-state index in [1.54, 1.807) is 0 Å². The summed E-state index contributed by atoms with van der Waals surface area (Å²) in [6.45, 7) is 0.151. The first-order valence-electron chi connectivity index (χ1n) is 9.60. The van der Waals surface area contributed by atoms with Crippen LogP contribution in [0, 0.1) is 35.0 Å². The molecule has 2 aromatic carbocycles. The molecule has 0 radical (unpaired) electrons. The zero-order valence-corrected chi connectivity index (χ0v) is 17.3. The molecule has 1 unspecified atom stereocenters. The highest BCUT2D eigenvalue weighted by atomic mass is 31.2. The Balaban J connectivity index is 1.54. The van der Waals surface area contributed by atoms with Crippen LogP contribution in [0.1, 0.15) is 19.3 Å². The van der Waals surface area contributed by atoms with Crippen molar-refractivity contribution in [1.29, 1.82) is 0 Å². The van der Waals surface area contributed by atoms with Gasteiger partial charge in [0.05, 0.1) is 12.8 Å². The standard InChI is InChI=1S/C20H17F5NO5P/c21-13-14(22)16(24)18(17(25)15(13)23)30-11-6-1-2-7-12(11)31-32(28)9-20(32,26)19(27)29-8-10-4-3-5-10/h1-2,6-7,10H,3-5,8-9,26H2/t20-,32?/m1/s1. The molecule has 2 aliphatic rings. The Morgan fingerprint density at radius 3 is 2.12 bits per heavy atom. The summed E-state index contributed by atoms with van der Waals surface area (Å²) in [5, 5.41) is -1.89. The van der Waals surface area contributed by atoms with Crippen LogP contribution in [0.4, 0.5) is 22.0 Å². The molecule has 0 bridgehead atoms. The van der Waals surface area contributed by atoms with E-state index in [2.05, 4.69) is 0 Å². The fourth-order valence-electron chi connectivity index (χ4n) is 3.13. The van der Waals surface area contributed by atoms with Crippen LogP contribution >= 0.6 is 7.37 Å². The predicted octanol–water partition coefficient (Wildman–Crippen LogP) is 4.84. The van der Waals surface area contributed by atoms with E-state index in [4.69, 9.17) is 19.7 Å². The molecule has 0 aromatic heterocycles. The van der Waals surface area contributed by atoms with Gasteiger partial charge >= 0.3 is 5.97 Å². The normalized spacial score (nSPS) is 24.6. The average Bonchev–Trinajstić information content (AvgIpc) is 3.29. The minimum absolute atomic E-state index is 0.151. The number of esters is 1. The number of carbonyl (C=O) groups is 1. The second kappa shape index (κ2) is 8.04. The van der Waals surface area contributed by atoms with Gasteiger partial charge in [0.25, 0.3) is 7.37 Å². The number of ether oxygens (including phenoxy) is 2. The maximum atomic E-state index is 14.0. The van der Waals surface area contributed by atoms with Gasteiger partial charge in [-0.05, 0) is 30.9 Å². The number of carbonyl (C=O) groups excluding carboxylic acids is 1. The molecule has 2 fully saturated rings. The molecule has 0 spiro atoms. The first-order valence-corrected chi connectivity index (χ1v) is 11.4. The minimum atomic E-state index is -3.82. The Hall–Kier alpha value is -2.65. The van der Waals surface area contributed by atoms with Gasteiger partial charge in [-0.25, -0.2) is 18.0 Å². The molecule has 1 heterocycles. The Morgan fingerprint density at radius 2 is 1.56 bits per heavy atom. The molecule has 2 atom stereocenters. The van der Waals surface area contributed by atoms with Crippen molar-refractivity contribution in [3.63, 3.8) is 0 Å². The van der Waals surface area contributed by atoms with Crippen molar-refractivity contribution in [2.24, 2.45) is 11.7 Å². The van der Waals surface area contributed by atoms with Gasteiger partial charge in [-0.2, -0.15) is 8.78 Å². The van der Waals surface area contributed by atoms with Crippen LogP contribution in [0.3, 0.4) is 0 Å². The van der Waals surface area contributed by atoms with Gasteiger partial charge in [-0.1, -0.05) is 18.6 Å². The molecular formula is C20H17F5NO5P. The van der Waals surface area contributed by atoms with Crippen LogP contribution in [0.15, 0.2) is 24.3 Å². The summed E-state index contributed by atoms with van der Waals surface area (Å²) in [4.78, 5) is 12.3. The highest BCUT2D eigenvalue weighted by Gasteiger charge is 2.72. The Bertz CT molecular complexity index is 1110. The molecule has 1 aliphatic heterocycles. The van der Waals surface area contributed by atoms with Crippen LogP contribution in [-0.4, -0.2) is 24.0 Å². The zero-order chi connectivity index (χ0) is 23.3. The molecule has 12 heteroatoms. The number of hydrogen-bond donors (Lipinski definition) is 1. The first kappa shape index (κ1) is 22.5. The van der Waals surface area contributed by atoms with E-state index >= 15 is 0 Å². The molecule has 2 N–H and O–H groups in total. The number of rotatable bonds is 7. The lowest BCUT2D eigenvalue weighted by molar-refractivity contribution is -0.147. The van der Waals surface area contributed by atoms with Gasteiger partial charge in [0.2, 0.25) is 40.1 Å². The minimum Gasteiger partial charge on any atom is -0.464 e. The van der Waals surface area contributed by atoms with Gasteiger partial charge in [0.15, 0.2) is 11.5 Å². The van der Waals surface area contributed by atoms with Gasteiger partial charge in [-0.3, -0.25) is 4.57 Å². The topological polar surface area (TPSA) is 87.9 Å². The smallest absolute Gasteiger partial charge is 0.338 e. The molecule has 32 heavy (non-hydrogen) atoms. The summed E-state index contributed by atoms with van der Waals surface area (Å²) in [6, 6.07) is 4.97. The molecule has 1 aliphatic carbocycles. The van der Waals surface area contributed by atoms with Crippen LogP contribution in [0.5, 0.6) is 17.2 Å². The van der Waals surface area contributed by atoms with Crippen molar-refractivity contribution in [3.8, 4) is 17.2 Å². The zero-order valence-electron chi connectivity index (χ0n) is 16.4. The predicted molar refractivity (Wildman–Crippen MR) is 101 cm³/mol. The van der Waals surface area contributed by atoms with E-state index in [-0.39, 0.29) is 24.4 Å². The van der Waals surface area contributed by atoms with Gasteiger partial charge < -0.3 is 19.7 Å². The third-order valence-corrected chi connectivity index (χ3v) is 8.04. The molecule has 1 saturated carbocycles. The van der Waals surface area contributed by atoms with E-state index in [9.17, 15) is 31.3 Å². The summed E-state index contributed by atoms with van der Waals surface area (Å²) in [5.74, 6) is -14.2. The van der Waals surface area contributed by atoms with Crippen molar-refractivity contribution in [1.82, 2.24) is 0 Å². The number of para-hydroxylation sites is 2. The van der Waals surface area contributed by atoms with Crippen molar-refractivity contribution in [3.05, 3.63) is 53.4 Å². The third kappa shape index (κ3) is 3.73. The molecule has 0 amide bonds. The van der Waals surface area contributed by atoms with E-state index < -0.39 is 59.2 Å².